The predicted octanol–water partition coefficient (Wildman–Crippen LogP) is 2.95. The van der Waals surface area contributed by atoms with E-state index in [0.29, 0.717) is 18.1 Å². The van der Waals surface area contributed by atoms with E-state index >= 15 is 0 Å². The molecular formula is C18H25F6N3O5S. The lowest BCUT2D eigenvalue weighted by atomic mass is 9.85. The van der Waals surface area contributed by atoms with Gasteiger partial charge in [0, 0.05) is 37.3 Å². The van der Waals surface area contributed by atoms with Crippen molar-refractivity contribution in [2.75, 3.05) is 33.8 Å². The first-order valence-corrected chi connectivity index (χ1v) is 10.5. The zero-order valence-corrected chi connectivity index (χ0v) is 18.6. The van der Waals surface area contributed by atoms with Crippen LogP contribution < -0.4 is 0 Å². The molecule has 15 heteroatoms. The highest BCUT2D eigenvalue weighted by molar-refractivity contribution is 7.09. The number of carboxylic acid groups (broad SMARTS) is 2. The molecule has 0 bridgehead atoms. The van der Waals surface area contributed by atoms with Crippen LogP contribution in [0.3, 0.4) is 0 Å². The number of likely N-dealkylation sites (tertiary alicyclic amines) is 1. The number of likely N-dealkylation sites (N-methyl/N-ethyl adjacent to an activating group) is 1. The minimum atomic E-state index is -5.08. The molecule has 2 aliphatic heterocycles. The molecule has 2 N–H and O–H groups in total. The lowest BCUT2D eigenvalue weighted by Crippen LogP contribution is -2.59. The van der Waals surface area contributed by atoms with Crippen LogP contribution in [0.5, 0.6) is 0 Å². The fourth-order valence-electron chi connectivity index (χ4n) is 3.37. The van der Waals surface area contributed by atoms with Crippen LogP contribution in [0.4, 0.5) is 26.3 Å². The molecule has 8 nitrogen and oxygen atoms in total. The van der Waals surface area contributed by atoms with E-state index in [0.717, 1.165) is 26.2 Å². The van der Waals surface area contributed by atoms with Crippen molar-refractivity contribution < 1.29 is 50.9 Å². The van der Waals surface area contributed by atoms with Crippen molar-refractivity contribution in [3.05, 3.63) is 16.6 Å². The summed E-state index contributed by atoms with van der Waals surface area (Å²) >= 11 is 1.76. The zero-order valence-electron chi connectivity index (χ0n) is 17.8. The number of aliphatic carboxylic acids is 2. The Morgan fingerprint density at radius 3 is 2.12 bits per heavy atom. The minimum absolute atomic E-state index is 0.427. The third-order valence-corrected chi connectivity index (χ3v) is 5.57. The third-order valence-electron chi connectivity index (χ3n) is 4.80. The van der Waals surface area contributed by atoms with Crippen LogP contribution in [0.15, 0.2) is 11.6 Å². The van der Waals surface area contributed by atoms with Gasteiger partial charge in [-0.1, -0.05) is 0 Å². The number of fused-ring (bicyclic) bond motifs is 1. The summed E-state index contributed by atoms with van der Waals surface area (Å²) in [4.78, 5) is 27.1. The normalized spacial score (nSPS) is 23.5. The number of aromatic nitrogens is 1. The largest absolute Gasteiger partial charge is 0.490 e. The number of piperidine rings is 1. The molecule has 3 heterocycles. The SMILES string of the molecule is CN(C)[C@@H]1CN(Cc2nccs2)C[C@@H]2CCCO[C@@H]21.O=C(O)C(F)(F)F.O=C(O)C(F)(F)F. The van der Waals surface area contributed by atoms with Crippen molar-refractivity contribution in [3.8, 4) is 0 Å². The lowest BCUT2D eigenvalue weighted by Gasteiger charge is -2.47. The molecule has 0 radical (unpaired) electrons. The Balaban J connectivity index is 0.000000324. The van der Waals surface area contributed by atoms with Crippen molar-refractivity contribution in [1.82, 2.24) is 14.8 Å². The zero-order chi connectivity index (χ0) is 25.4. The van der Waals surface area contributed by atoms with Crippen LogP contribution >= 0.6 is 11.3 Å². The monoisotopic (exact) mass is 509 g/mol. The topological polar surface area (TPSA) is 103 Å². The Morgan fingerprint density at radius 2 is 1.70 bits per heavy atom. The molecule has 1 aromatic heterocycles. The van der Waals surface area contributed by atoms with E-state index < -0.39 is 24.3 Å². The highest BCUT2D eigenvalue weighted by Gasteiger charge is 2.40. The van der Waals surface area contributed by atoms with Crippen molar-refractivity contribution >= 4 is 23.3 Å². The third kappa shape index (κ3) is 10.2. The second-order valence-electron chi connectivity index (χ2n) is 7.49. The molecule has 2 saturated heterocycles. The number of ether oxygens (including phenoxy) is 1. The van der Waals surface area contributed by atoms with Crippen LogP contribution in [0.25, 0.3) is 0 Å². The molecule has 0 aromatic carbocycles. The van der Waals surface area contributed by atoms with Gasteiger partial charge in [-0.15, -0.1) is 11.3 Å². The fraction of sp³-hybridized carbons (Fsp3) is 0.722. The second-order valence-corrected chi connectivity index (χ2v) is 8.47. The number of carbonyl (C=O) groups is 2. The standard InChI is InChI=1S/C14H23N3OS.2C2HF3O2/c1-16(2)12-9-17(10-13-15-5-7-19-13)8-11-4-3-6-18-14(11)12;2*3-2(4,5)1(6)7/h5,7,11-12,14H,3-4,6,8-10H2,1-2H3;2*(H,6,7)/t11-,12+,14-;;/m0../s1. The minimum Gasteiger partial charge on any atom is -0.475 e. The Morgan fingerprint density at radius 1 is 1.15 bits per heavy atom. The van der Waals surface area contributed by atoms with Crippen LogP contribution in [0, 0.1) is 5.92 Å². The van der Waals surface area contributed by atoms with E-state index in [4.69, 9.17) is 24.5 Å². The molecule has 0 spiro atoms. The lowest BCUT2D eigenvalue weighted by molar-refractivity contribution is -0.193. The van der Waals surface area contributed by atoms with Gasteiger partial charge in [0.05, 0.1) is 12.6 Å². The van der Waals surface area contributed by atoms with Gasteiger partial charge >= 0.3 is 24.3 Å². The van der Waals surface area contributed by atoms with Crippen LogP contribution in [0.2, 0.25) is 0 Å². The highest BCUT2D eigenvalue weighted by atomic mass is 32.1. The van der Waals surface area contributed by atoms with Gasteiger partial charge in [-0.25, -0.2) is 14.6 Å². The number of thiazole rings is 1. The van der Waals surface area contributed by atoms with E-state index in [2.05, 4.69) is 34.3 Å². The first kappa shape index (κ1) is 29.1. The molecule has 1 aromatic rings. The van der Waals surface area contributed by atoms with E-state index in [-0.39, 0.29) is 0 Å². The van der Waals surface area contributed by atoms with Gasteiger partial charge in [0.1, 0.15) is 5.01 Å². The van der Waals surface area contributed by atoms with E-state index in [9.17, 15) is 26.3 Å². The number of nitrogens with zero attached hydrogens (tertiary/aromatic N) is 3. The summed E-state index contributed by atoms with van der Waals surface area (Å²) < 4.78 is 69.5. The highest BCUT2D eigenvalue weighted by Crippen LogP contribution is 2.31. The Kier molecular flexibility index (Phi) is 11.0. The van der Waals surface area contributed by atoms with E-state index in [1.807, 2.05) is 6.20 Å². The van der Waals surface area contributed by atoms with E-state index in [1.54, 1.807) is 11.3 Å². The van der Waals surface area contributed by atoms with Crippen molar-refractivity contribution in [3.63, 3.8) is 0 Å². The average Bonchev–Trinajstić information content (AvgIpc) is 3.19. The van der Waals surface area contributed by atoms with Crippen molar-refractivity contribution in [2.24, 2.45) is 5.92 Å². The molecule has 3 atom stereocenters. The van der Waals surface area contributed by atoms with Crippen LogP contribution in [-0.2, 0) is 20.9 Å². The summed E-state index contributed by atoms with van der Waals surface area (Å²) in [7, 11) is 4.35. The number of halogens is 6. The summed E-state index contributed by atoms with van der Waals surface area (Å²) in [5.41, 5.74) is 0. The summed E-state index contributed by atoms with van der Waals surface area (Å²) in [6, 6.07) is 0.513. The quantitative estimate of drug-likeness (QED) is 0.600. The summed E-state index contributed by atoms with van der Waals surface area (Å²) in [6.45, 7) is 4.19. The first-order valence-electron chi connectivity index (χ1n) is 9.61. The van der Waals surface area contributed by atoms with Gasteiger partial charge in [-0.2, -0.15) is 26.3 Å². The molecule has 0 aliphatic carbocycles. The Bertz CT molecular complexity index is 721. The molecule has 190 valence electrons. The van der Waals surface area contributed by atoms with Gasteiger partial charge in [-0.05, 0) is 32.9 Å². The Hall–Kier alpha value is -1.97. The molecule has 0 amide bonds. The predicted molar refractivity (Wildman–Crippen MR) is 105 cm³/mol. The van der Waals surface area contributed by atoms with Crippen LogP contribution in [-0.4, -0.2) is 95.2 Å². The summed E-state index contributed by atoms with van der Waals surface area (Å²) in [5, 5.41) is 17.5. The van der Waals surface area contributed by atoms with Crippen molar-refractivity contribution in [2.45, 2.75) is 43.9 Å². The number of rotatable bonds is 3. The molecule has 3 rings (SSSR count). The smallest absolute Gasteiger partial charge is 0.475 e. The number of alkyl halides is 6. The first-order chi connectivity index (χ1) is 15.1. The van der Waals surface area contributed by atoms with Gasteiger partial charge in [0.2, 0.25) is 0 Å². The maximum atomic E-state index is 10.6. The molecule has 2 aliphatic rings. The number of carboxylic acids is 2. The van der Waals surface area contributed by atoms with Crippen molar-refractivity contribution in [1.29, 1.82) is 0 Å². The van der Waals surface area contributed by atoms with Gasteiger partial charge < -0.3 is 19.8 Å². The van der Waals surface area contributed by atoms with E-state index in [1.165, 1.54) is 17.8 Å². The van der Waals surface area contributed by atoms with Gasteiger partial charge in [-0.3, -0.25) is 4.90 Å². The molecule has 33 heavy (non-hydrogen) atoms. The molecular weight excluding hydrogens is 484 g/mol. The fourth-order valence-corrected chi connectivity index (χ4v) is 4.03. The maximum absolute atomic E-state index is 10.6. The maximum Gasteiger partial charge on any atom is 0.490 e. The Labute approximate surface area is 189 Å². The summed E-state index contributed by atoms with van der Waals surface area (Å²) in [5.74, 6) is -4.82. The molecule has 0 saturated carbocycles. The molecule has 0 unspecified atom stereocenters. The number of hydrogen-bond acceptors (Lipinski definition) is 7. The second kappa shape index (κ2) is 12.5. The van der Waals surface area contributed by atoms with Gasteiger partial charge in [0.25, 0.3) is 0 Å². The summed E-state index contributed by atoms with van der Waals surface area (Å²) in [6.07, 6.45) is -5.31. The molecule has 2 fully saturated rings. The van der Waals surface area contributed by atoms with Crippen LogP contribution in [0.1, 0.15) is 17.8 Å². The van der Waals surface area contributed by atoms with Gasteiger partial charge in [0.15, 0.2) is 0 Å². The average molecular weight is 509 g/mol. The number of hydrogen-bond donors (Lipinski definition) is 2.